The molecular formula is C23H28N2O2S. The van der Waals surface area contributed by atoms with Gasteiger partial charge < -0.3 is 10.1 Å². The van der Waals surface area contributed by atoms with E-state index in [1.165, 1.54) is 10.4 Å². The summed E-state index contributed by atoms with van der Waals surface area (Å²) in [5.74, 6) is 1.18. The lowest BCUT2D eigenvalue weighted by Crippen LogP contribution is -2.32. The lowest BCUT2D eigenvalue weighted by atomic mass is 9.86. The van der Waals surface area contributed by atoms with E-state index < -0.39 is 6.10 Å². The normalized spacial score (nSPS) is 16.8. The molecule has 0 fully saturated rings. The zero-order valence-corrected chi connectivity index (χ0v) is 17.9. The van der Waals surface area contributed by atoms with Crippen molar-refractivity contribution in [1.82, 2.24) is 0 Å². The molecule has 1 heterocycles. The van der Waals surface area contributed by atoms with E-state index >= 15 is 0 Å². The zero-order valence-electron chi connectivity index (χ0n) is 17.1. The number of anilines is 1. The van der Waals surface area contributed by atoms with Gasteiger partial charge in [0.2, 0.25) is 0 Å². The maximum Gasteiger partial charge on any atom is 0.266 e. The van der Waals surface area contributed by atoms with Gasteiger partial charge in [0.25, 0.3) is 5.91 Å². The van der Waals surface area contributed by atoms with Gasteiger partial charge in [0, 0.05) is 4.88 Å². The van der Waals surface area contributed by atoms with E-state index in [2.05, 4.69) is 18.3 Å². The van der Waals surface area contributed by atoms with Crippen molar-refractivity contribution in [3.8, 4) is 11.8 Å². The van der Waals surface area contributed by atoms with E-state index in [4.69, 9.17) is 4.74 Å². The van der Waals surface area contributed by atoms with Crippen molar-refractivity contribution in [1.29, 1.82) is 5.26 Å². The summed E-state index contributed by atoms with van der Waals surface area (Å²) in [6.07, 6.45) is 4.19. The summed E-state index contributed by atoms with van der Waals surface area (Å²) in [6, 6.07) is 8.17. The monoisotopic (exact) mass is 396 g/mol. The molecule has 1 aromatic carbocycles. The fourth-order valence-electron chi connectivity index (χ4n) is 3.68. The van der Waals surface area contributed by atoms with Gasteiger partial charge in [-0.05, 0) is 74.3 Å². The van der Waals surface area contributed by atoms with E-state index in [9.17, 15) is 10.1 Å². The van der Waals surface area contributed by atoms with Crippen LogP contribution >= 0.6 is 11.3 Å². The second-order valence-corrected chi connectivity index (χ2v) is 8.69. The number of benzene rings is 1. The summed E-state index contributed by atoms with van der Waals surface area (Å²) >= 11 is 1.56. The number of thiophene rings is 1. The molecule has 0 aliphatic heterocycles. The van der Waals surface area contributed by atoms with Crippen LogP contribution < -0.4 is 10.1 Å². The standard InChI is InChI=1S/C23H28N2O2S/c1-5-16-8-10-18-19(13-24)23(28-21(18)12-16)25-22(26)20(6-2)27-17-9-7-14(3)15(4)11-17/h7,9,11,16,20H,5-6,8,10,12H2,1-4H3,(H,25,26)/t16-,20+/m1/s1. The number of carbonyl (C=O) groups excluding carboxylic acids is 1. The highest BCUT2D eigenvalue weighted by atomic mass is 32.1. The molecule has 1 amide bonds. The first-order valence-electron chi connectivity index (χ1n) is 10.1. The maximum atomic E-state index is 12.9. The van der Waals surface area contributed by atoms with Crippen molar-refractivity contribution >= 4 is 22.2 Å². The molecule has 2 aromatic rings. The highest BCUT2D eigenvalue weighted by molar-refractivity contribution is 7.16. The Labute approximate surface area is 171 Å². The molecule has 0 bridgehead atoms. The zero-order chi connectivity index (χ0) is 20.3. The van der Waals surface area contributed by atoms with Crippen LogP contribution in [-0.4, -0.2) is 12.0 Å². The number of carbonyl (C=O) groups is 1. The molecule has 0 radical (unpaired) electrons. The molecule has 2 atom stereocenters. The minimum Gasteiger partial charge on any atom is -0.481 e. The Morgan fingerprint density at radius 2 is 2.14 bits per heavy atom. The van der Waals surface area contributed by atoms with Crippen LogP contribution in [0.1, 0.15) is 60.2 Å². The minimum atomic E-state index is -0.587. The molecule has 4 nitrogen and oxygen atoms in total. The molecule has 3 rings (SSSR count). The Bertz CT molecular complexity index is 910. The average Bonchev–Trinajstić information content (AvgIpc) is 3.04. The number of aryl methyl sites for hydroxylation is 2. The van der Waals surface area contributed by atoms with Gasteiger partial charge in [-0.2, -0.15) is 5.26 Å². The first kappa shape index (κ1) is 20.4. The lowest BCUT2D eigenvalue weighted by molar-refractivity contribution is -0.122. The van der Waals surface area contributed by atoms with Crippen molar-refractivity contribution < 1.29 is 9.53 Å². The van der Waals surface area contributed by atoms with Gasteiger partial charge in [0.1, 0.15) is 16.8 Å². The Balaban J connectivity index is 1.76. The summed E-state index contributed by atoms with van der Waals surface area (Å²) in [4.78, 5) is 14.1. The van der Waals surface area contributed by atoms with Crippen LogP contribution in [0.15, 0.2) is 18.2 Å². The molecule has 0 spiro atoms. The van der Waals surface area contributed by atoms with Gasteiger partial charge >= 0.3 is 0 Å². The first-order chi connectivity index (χ1) is 13.5. The molecule has 0 unspecified atom stereocenters. The molecule has 1 N–H and O–H groups in total. The van der Waals surface area contributed by atoms with Crippen LogP contribution in [0.25, 0.3) is 0 Å². The largest absolute Gasteiger partial charge is 0.481 e. The number of nitrogens with one attached hydrogen (secondary N) is 1. The Morgan fingerprint density at radius 3 is 2.79 bits per heavy atom. The molecule has 0 saturated heterocycles. The first-order valence-corrected chi connectivity index (χ1v) is 10.9. The fraction of sp³-hybridized carbons (Fsp3) is 0.478. The lowest BCUT2D eigenvalue weighted by Gasteiger charge is -2.20. The highest BCUT2D eigenvalue weighted by Crippen LogP contribution is 2.40. The van der Waals surface area contributed by atoms with Crippen LogP contribution in [0, 0.1) is 31.1 Å². The number of rotatable bonds is 6. The van der Waals surface area contributed by atoms with Crippen LogP contribution in [0.5, 0.6) is 5.75 Å². The Morgan fingerprint density at radius 1 is 1.36 bits per heavy atom. The summed E-state index contributed by atoms with van der Waals surface area (Å²) in [5, 5.41) is 13.3. The molecule has 0 saturated carbocycles. The second-order valence-electron chi connectivity index (χ2n) is 7.59. The van der Waals surface area contributed by atoms with Crippen molar-refractivity contribution in [3.05, 3.63) is 45.3 Å². The highest BCUT2D eigenvalue weighted by Gasteiger charge is 2.27. The van der Waals surface area contributed by atoms with Crippen LogP contribution in [0.2, 0.25) is 0 Å². The number of nitriles is 1. The third-order valence-electron chi connectivity index (χ3n) is 5.71. The van der Waals surface area contributed by atoms with Gasteiger partial charge in [0.05, 0.1) is 5.56 Å². The molecule has 1 aliphatic rings. The fourth-order valence-corrected chi connectivity index (χ4v) is 4.99. The Hall–Kier alpha value is -2.32. The molecule has 28 heavy (non-hydrogen) atoms. The Kier molecular flexibility index (Phi) is 6.41. The maximum absolute atomic E-state index is 12.9. The van der Waals surface area contributed by atoms with Crippen molar-refractivity contribution in [2.75, 3.05) is 5.32 Å². The second kappa shape index (κ2) is 8.79. The van der Waals surface area contributed by atoms with E-state index in [-0.39, 0.29) is 5.91 Å². The predicted molar refractivity (Wildman–Crippen MR) is 114 cm³/mol. The molecule has 1 aliphatic carbocycles. The van der Waals surface area contributed by atoms with Crippen molar-refractivity contribution in [2.24, 2.45) is 5.92 Å². The van der Waals surface area contributed by atoms with E-state index in [1.54, 1.807) is 11.3 Å². The molecule has 1 aromatic heterocycles. The van der Waals surface area contributed by atoms with Crippen molar-refractivity contribution in [2.45, 2.75) is 65.9 Å². The van der Waals surface area contributed by atoms with Gasteiger partial charge in [-0.1, -0.05) is 26.3 Å². The number of fused-ring (bicyclic) bond motifs is 1. The third kappa shape index (κ3) is 4.23. The number of hydrogen-bond donors (Lipinski definition) is 1. The molecule has 5 heteroatoms. The summed E-state index contributed by atoms with van der Waals surface area (Å²) in [7, 11) is 0. The summed E-state index contributed by atoms with van der Waals surface area (Å²) < 4.78 is 5.95. The van der Waals surface area contributed by atoms with Gasteiger partial charge in [-0.3, -0.25) is 4.79 Å². The number of nitrogens with zero attached hydrogens (tertiary/aromatic N) is 1. The predicted octanol–water partition coefficient (Wildman–Crippen LogP) is 5.55. The number of amides is 1. The van der Waals surface area contributed by atoms with Crippen LogP contribution in [0.3, 0.4) is 0 Å². The third-order valence-corrected chi connectivity index (χ3v) is 6.88. The van der Waals surface area contributed by atoms with Gasteiger partial charge in [-0.25, -0.2) is 0 Å². The summed E-state index contributed by atoms with van der Waals surface area (Å²) in [5.41, 5.74) is 4.11. The smallest absolute Gasteiger partial charge is 0.266 e. The average molecular weight is 397 g/mol. The molecular weight excluding hydrogens is 368 g/mol. The number of ether oxygens (including phenoxy) is 1. The minimum absolute atomic E-state index is 0.192. The quantitative estimate of drug-likeness (QED) is 0.696. The summed E-state index contributed by atoms with van der Waals surface area (Å²) in [6.45, 7) is 8.23. The van der Waals surface area contributed by atoms with Gasteiger partial charge in [0.15, 0.2) is 6.10 Å². The molecule has 148 valence electrons. The van der Waals surface area contributed by atoms with E-state index in [0.29, 0.717) is 28.7 Å². The van der Waals surface area contributed by atoms with Crippen LogP contribution in [-0.2, 0) is 17.6 Å². The van der Waals surface area contributed by atoms with Gasteiger partial charge in [-0.15, -0.1) is 11.3 Å². The van der Waals surface area contributed by atoms with E-state index in [0.717, 1.165) is 36.8 Å². The number of hydrogen-bond acceptors (Lipinski definition) is 4. The SMILES string of the molecule is CC[C@@H]1CCc2c(sc(NC(=O)[C@H](CC)Oc3ccc(C)c(C)c3)c2C#N)C1. The van der Waals surface area contributed by atoms with E-state index in [1.807, 2.05) is 39.0 Å². The topological polar surface area (TPSA) is 62.1 Å². The van der Waals surface area contributed by atoms with Crippen molar-refractivity contribution in [3.63, 3.8) is 0 Å². The van der Waals surface area contributed by atoms with Crippen LogP contribution in [0.4, 0.5) is 5.00 Å².